The summed E-state index contributed by atoms with van der Waals surface area (Å²) in [6, 6.07) is 27.3. The molecule has 0 radical (unpaired) electrons. The highest BCUT2D eigenvalue weighted by Gasteiger charge is 2.25. The van der Waals surface area contributed by atoms with Crippen molar-refractivity contribution < 1.29 is 29.3 Å². The predicted molar refractivity (Wildman–Crippen MR) is 196 cm³/mol. The molecule has 0 saturated carbocycles. The number of hydrogen-bond acceptors (Lipinski definition) is 8. The molecule has 2 bridgehead atoms. The number of carbonyl (C=O) groups is 3. The minimum Gasteiger partial charge on any atom is -0.491 e. The second-order valence-corrected chi connectivity index (χ2v) is 12.7. The number of aliphatic hydroxyl groups excluding tert-OH is 2. The van der Waals surface area contributed by atoms with Gasteiger partial charge in [0.1, 0.15) is 12.3 Å². The van der Waals surface area contributed by atoms with E-state index in [2.05, 4.69) is 15.6 Å². The third-order valence-electron chi connectivity index (χ3n) is 8.76. The van der Waals surface area contributed by atoms with Gasteiger partial charge in [0.25, 0.3) is 5.91 Å². The Morgan fingerprint density at radius 2 is 1.33 bits per heavy atom. The van der Waals surface area contributed by atoms with Crippen molar-refractivity contribution in [2.75, 3.05) is 44.4 Å². The third-order valence-corrected chi connectivity index (χ3v) is 8.76. The third kappa shape index (κ3) is 11.1. The van der Waals surface area contributed by atoms with Gasteiger partial charge in [-0.1, -0.05) is 85.6 Å². The Kier molecular flexibility index (Phi) is 13.9. The van der Waals surface area contributed by atoms with Crippen molar-refractivity contribution in [3.63, 3.8) is 0 Å². The van der Waals surface area contributed by atoms with Crippen LogP contribution in [0.1, 0.15) is 47.2 Å². The van der Waals surface area contributed by atoms with Crippen LogP contribution in [0.5, 0.6) is 5.75 Å². The quantitative estimate of drug-likeness (QED) is 0.174. The SMILES string of the molecule is O=C(CN1CCCCCCOc2ccccc2N(CC(=O)N[C@H](CO)Cc2ccccc2)c2cncc(c2)C1=O)N[C@H](CO)Cc1ccccc1. The molecule has 1 aromatic heterocycles. The van der Waals surface area contributed by atoms with Gasteiger partial charge < -0.3 is 35.4 Å². The van der Waals surface area contributed by atoms with Gasteiger partial charge in [0.05, 0.1) is 61.6 Å². The zero-order valence-corrected chi connectivity index (χ0v) is 28.8. The van der Waals surface area contributed by atoms with Crippen LogP contribution in [0, 0.1) is 0 Å². The van der Waals surface area contributed by atoms with Gasteiger partial charge in [-0.2, -0.15) is 0 Å². The minimum absolute atomic E-state index is 0.138. The highest BCUT2D eigenvalue weighted by atomic mass is 16.5. The summed E-state index contributed by atoms with van der Waals surface area (Å²) in [6.07, 6.45) is 7.15. The Morgan fingerprint density at radius 1 is 0.745 bits per heavy atom. The number of ether oxygens (including phenoxy) is 1. The van der Waals surface area contributed by atoms with Gasteiger partial charge in [0, 0.05) is 12.7 Å². The zero-order valence-electron chi connectivity index (χ0n) is 28.8. The van der Waals surface area contributed by atoms with E-state index < -0.39 is 12.1 Å². The topological polar surface area (TPSA) is 144 Å². The van der Waals surface area contributed by atoms with Crippen LogP contribution in [0.25, 0.3) is 0 Å². The van der Waals surface area contributed by atoms with E-state index in [4.69, 9.17) is 4.74 Å². The second kappa shape index (κ2) is 19.2. The van der Waals surface area contributed by atoms with Crippen molar-refractivity contribution in [3.8, 4) is 5.75 Å². The molecule has 11 nitrogen and oxygen atoms in total. The number of hydrogen-bond donors (Lipinski definition) is 4. The van der Waals surface area contributed by atoms with E-state index in [-0.39, 0.29) is 49.6 Å². The molecule has 4 aromatic rings. The molecule has 0 unspecified atom stereocenters. The largest absolute Gasteiger partial charge is 0.491 e. The Morgan fingerprint density at radius 3 is 1.98 bits per heavy atom. The number of fused-ring (bicyclic) bond motifs is 3. The normalized spacial score (nSPS) is 15.0. The summed E-state index contributed by atoms with van der Waals surface area (Å²) >= 11 is 0. The van der Waals surface area contributed by atoms with E-state index >= 15 is 0 Å². The van der Waals surface area contributed by atoms with E-state index in [1.807, 2.05) is 84.9 Å². The maximum absolute atomic E-state index is 14.1. The number of anilines is 2. The first kappa shape index (κ1) is 37.0. The number of nitrogens with zero attached hydrogens (tertiary/aromatic N) is 3. The fourth-order valence-electron chi connectivity index (χ4n) is 6.17. The molecule has 3 amide bonds. The number of aromatic nitrogens is 1. The summed E-state index contributed by atoms with van der Waals surface area (Å²) in [5.41, 5.74) is 3.35. The van der Waals surface area contributed by atoms with E-state index in [1.54, 1.807) is 17.2 Å². The molecule has 5 rings (SSSR count). The Labute approximate surface area is 299 Å². The van der Waals surface area contributed by atoms with Crippen molar-refractivity contribution in [3.05, 3.63) is 120 Å². The maximum atomic E-state index is 14.1. The molecule has 3 aromatic carbocycles. The van der Waals surface area contributed by atoms with Crippen molar-refractivity contribution in [1.82, 2.24) is 20.5 Å². The lowest BCUT2D eigenvalue weighted by Gasteiger charge is -2.28. The molecule has 0 fully saturated rings. The monoisotopic (exact) mass is 693 g/mol. The van der Waals surface area contributed by atoms with Crippen LogP contribution in [0.3, 0.4) is 0 Å². The highest BCUT2D eigenvalue weighted by Crippen LogP contribution is 2.34. The first-order valence-corrected chi connectivity index (χ1v) is 17.6. The molecule has 1 aliphatic heterocycles. The summed E-state index contributed by atoms with van der Waals surface area (Å²) in [5.74, 6) is -0.473. The molecular weight excluding hydrogens is 646 g/mol. The molecule has 4 N–H and O–H groups in total. The molecule has 268 valence electrons. The van der Waals surface area contributed by atoms with Crippen LogP contribution in [0.2, 0.25) is 0 Å². The second-order valence-electron chi connectivity index (χ2n) is 12.7. The Balaban J connectivity index is 1.38. The Hall–Kier alpha value is -5.26. The van der Waals surface area contributed by atoms with E-state index in [1.165, 1.54) is 11.1 Å². The smallest absolute Gasteiger partial charge is 0.255 e. The highest BCUT2D eigenvalue weighted by molar-refractivity contribution is 5.97. The van der Waals surface area contributed by atoms with Gasteiger partial charge in [-0.15, -0.1) is 0 Å². The number of para-hydroxylation sites is 2. The van der Waals surface area contributed by atoms with E-state index in [0.29, 0.717) is 49.5 Å². The van der Waals surface area contributed by atoms with Crippen LogP contribution >= 0.6 is 0 Å². The van der Waals surface area contributed by atoms with Crippen LogP contribution in [-0.4, -0.2) is 89.4 Å². The maximum Gasteiger partial charge on any atom is 0.255 e. The van der Waals surface area contributed by atoms with Crippen LogP contribution in [0.15, 0.2) is 103 Å². The van der Waals surface area contributed by atoms with E-state index in [0.717, 1.165) is 30.4 Å². The van der Waals surface area contributed by atoms with Gasteiger partial charge in [-0.3, -0.25) is 19.4 Å². The number of nitrogens with one attached hydrogen (secondary N) is 2. The van der Waals surface area contributed by atoms with Gasteiger partial charge in [0.2, 0.25) is 11.8 Å². The Bertz CT molecular complexity index is 1710. The molecule has 1 aliphatic rings. The van der Waals surface area contributed by atoms with Crippen molar-refractivity contribution in [2.24, 2.45) is 0 Å². The summed E-state index contributed by atoms with van der Waals surface area (Å²) in [5, 5.41) is 25.9. The molecule has 0 spiro atoms. The molecule has 0 saturated heterocycles. The fraction of sp³-hybridized carbons (Fsp3) is 0.350. The number of rotatable bonds is 12. The van der Waals surface area contributed by atoms with Crippen molar-refractivity contribution >= 4 is 29.1 Å². The molecule has 11 heteroatoms. The lowest BCUT2D eigenvalue weighted by Crippen LogP contribution is -2.46. The number of amides is 3. The summed E-state index contributed by atoms with van der Waals surface area (Å²) in [6.45, 7) is 0.0288. The van der Waals surface area contributed by atoms with Crippen molar-refractivity contribution in [1.29, 1.82) is 0 Å². The van der Waals surface area contributed by atoms with Gasteiger partial charge in [-0.05, 0) is 55.0 Å². The average Bonchev–Trinajstić information content (AvgIpc) is 3.16. The number of carbonyl (C=O) groups excluding carboxylic acids is 3. The summed E-state index contributed by atoms with van der Waals surface area (Å²) < 4.78 is 6.23. The summed E-state index contributed by atoms with van der Waals surface area (Å²) in [7, 11) is 0. The first-order chi connectivity index (χ1) is 24.9. The van der Waals surface area contributed by atoms with Crippen LogP contribution in [0.4, 0.5) is 11.4 Å². The number of aliphatic hydroxyl groups is 2. The van der Waals surface area contributed by atoms with Crippen LogP contribution < -0.4 is 20.3 Å². The zero-order chi connectivity index (χ0) is 35.8. The average molecular weight is 694 g/mol. The van der Waals surface area contributed by atoms with E-state index in [9.17, 15) is 24.6 Å². The molecular formula is C40H47N5O6. The number of benzene rings is 3. The molecule has 0 aliphatic carbocycles. The molecule has 51 heavy (non-hydrogen) atoms. The molecule has 2 heterocycles. The van der Waals surface area contributed by atoms with Gasteiger partial charge >= 0.3 is 0 Å². The lowest BCUT2D eigenvalue weighted by atomic mass is 10.1. The van der Waals surface area contributed by atoms with Gasteiger partial charge in [-0.25, -0.2) is 0 Å². The first-order valence-electron chi connectivity index (χ1n) is 17.6. The standard InChI is InChI=1S/C40H47N5O6/c46-28-33(21-30-13-5-3-6-14-30)42-38(48)26-44-19-11-1-2-12-20-51-37-18-10-9-17-36(37)45(35-23-32(40(44)50)24-41-25-35)27-39(49)43-34(29-47)22-31-15-7-4-8-16-31/h3-10,13-18,23-25,33-34,46-47H,1-2,11-12,19-22,26-29H2,(H,42,48)(H,43,49)/t33-,34-/m0/s1. The number of pyridine rings is 1. The van der Waals surface area contributed by atoms with Crippen molar-refractivity contribution in [2.45, 2.75) is 50.6 Å². The summed E-state index contributed by atoms with van der Waals surface area (Å²) in [4.78, 5) is 48.6. The fourth-order valence-corrected chi connectivity index (χ4v) is 6.17. The molecule has 2 atom stereocenters. The van der Waals surface area contributed by atoms with Crippen LogP contribution in [-0.2, 0) is 22.4 Å². The van der Waals surface area contributed by atoms with Gasteiger partial charge in [0.15, 0.2) is 0 Å². The predicted octanol–water partition coefficient (Wildman–Crippen LogP) is 4.05. The lowest BCUT2D eigenvalue weighted by molar-refractivity contribution is -0.123. The minimum atomic E-state index is -0.501.